The highest BCUT2D eigenvalue weighted by atomic mass is 35.5. The van der Waals surface area contributed by atoms with Crippen LogP contribution in [0.1, 0.15) is 11.1 Å². The Hall–Kier alpha value is -2.30. The normalized spacial score (nSPS) is 11.4. The second-order valence-electron chi connectivity index (χ2n) is 6.51. The summed E-state index contributed by atoms with van der Waals surface area (Å²) in [6.45, 7) is -0.188. The molecule has 164 valence electrons. The van der Waals surface area contributed by atoms with Crippen LogP contribution in [-0.2, 0) is 34.9 Å². The van der Waals surface area contributed by atoms with Crippen molar-refractivity contribution in [3.05, 3.63) is 68.8 Å². The first-order valence-electron chi connectivity index (χ1n) is 8.76. The van der Waals surface area contributed by atoms with Crippen LogP contribution in [-0.4, -0.2) is 24.1 Å². The first kappa shape index (κ1) is 23.4. The maximum absolute atomic E-state index is 12.3. The van der Waals surface area contributed by atoms with E-state index in [9.17, 15) is 13.2 Å². The highest BCUT2D eigenvalue weighted by Gasteiger charge is 2.19. The standard InChI is InChI=1S/C19H17Cl3N4O4S/c1-26-18(22)17(21)19(25-26)30-10-12-6-7-13(9-15(12)31(23,28)29)24-16(27)8-11-4-2-3-5-14(11)20/h2-7,9H,8,10H2,1H3,(H,24,27)(H2,23,28,29). The Balaban J connectivity index is 1.79. The topological polar surface area (TPSA) is 116 Å². The number of amides is 1. The molecule has 0 radical (unpaired) electrons. The first-order valence-corrected chi connectivity index (χ1v) is 11.4. The van der Waals surface area contributed by atoms with E-state index in [1.165, 1.54) is 22.9 Å². The number of anilines is 1. The van der Waals surface area contributed by atoms with Gasteiger partial charge in [-0.1, -0.05) is 59.1 Å². The molecule has 0 atom stereocenters. The zero-order valence-electron chi connectivity index (χ0n) is 16.1. The van der Waals surface area contributed by atoms with Crippen LogP contribution in [0.5, 0.6) is 5.88 Å². The van der Waals surface area contributed by atoms with Crippen molar-refractivity contribution in [3.8, 4) is 5.88 Å². The average Bonchev–Trinajstić information content (AvgIpc) is 2.94. The van der Waals surface area contributed by atoms with Gasteiger partial charge in [0, 0.05) is 23.3 Å². The molecular formula is C19H17Cl3N4O4S. The number of nitrogens with one attached hydrogen (secondary N) is 1. The summed E-state index contributed by atoms with van der Waals surface area (Å²) in [6, 6.07) is 11.2. The average molecular weight is 504 g/mol. The Morgan fingerprint density at radius 2 is 1.87 bits per heavy atom. The quantitative estimate of drug-likeness (QED) is 0.509. The number of carbonyl (C=O) groups is 1. The predicted molar refractivity (Wildman–Crippen MR) is 119 cm³/mol. The van der Waals surface area contributed by atoms with Gasteiger partial charge in [0.1, 0.15) is 16.8 Å². The monoisotopic (exact) mass is 502 g/mol. The van der Waals surface area contributed by atoms with Gasteiger partial charge < -0.3 is 10.1 Å². The van der Waals surface area contributed by atoms with Crippen LogP contribution in [0.3, 0.4) is 0 Å². The molecule has 3 rings (SSSR count). The second kappa shape index (κ2) is 9.46. The third-order valence-corrected chi connectivity index (χ3v) is 6.46. The minimum atomic E-state index is -4.11. The predicted octanol–water partition coefficient (Wildman–Crippen LogP) is 3.79. The molecular weight excluding hydrogens is 487 g/mol. The lowest BCUT2D eigenvalue weighted by molar-refractivity contribution is -0.115. The molecule has 2 aromatic carbocycles. The minimum Gasteiger partial charge on any atom is -0.471 e. The van der Waals surface area contributed by atoms with Gasteiger partial charge in [-0.15, -0.1) is 5.10 Å². The highest BCUT2D eigenvalue weighted by Crippen LogP contribution is 2.31. The summed E-state index contributed by atoms with van der Waals surface area (Å²) in [5.41, 5.74) is 1.15. The van der Waals surface area contributed by atoms with Crippen LogP contribution in [0.2, 0.25) is 15.2 Å². The number of rotatable bonds is 7. The molecule has 0 fully saturated rings. The maximum Gasteiger partial charge on any atom is 0.253 e. The van der Waals surface area contributed by atoms with Gasteiger partial charge in [-0.05, 0) is 23.8 Å². The number of hydrogen-bond donors (Lipinski definition) is 2. The molecule has 8 nitrogen and oxygen atoms in total. The Kier molecular flexibility index (Phi) is 7.13. The van der Waals surface area contributed by atoms with Gasteiger partial charge in [0.15, 0.2) is 0 Å². The van der Waals surface area contributed by atoms with E-state index in [1.807, 2.05) is 0 Å². The van der Waals surface area contributed by atoms with E-state index >= 15 is 0 Å². The summed E-state index contributed by atoms with van der Waals surface area (Å²) >= 11 is 18.0. The van der Waals surface area contributed by atoms with Crippen molar-refractivity contribution in [2.45, 2.75) is 17.9 Å². The number of ether oxygens (including phenoxy) is 1. The fourth-order valence-electron chi connectivity index (χ4n) is 2.73. The number of sulfonamides is 1. The van der Waals surface area contributed by atoms with Gasteiger partial charge in [-0.2, -0.15) is 0 Å². The van der Waals surface area contributed by atoms with Gasteiger partial charge in [0.25, 0.3) is 5.88 Å². The number of aromatic nitrogens is 2. The number of primary sulfonamides is 1. The largest absolute Gasteiger partial charge is 0.471 e. The van der Waals surface area contributed by atoms with Crippen molar-refractivity contribution >= 4 is 56.4 Å². The van der Waals surface area contributed by atoms with E-state index in [0.717, 1.165) is 0 Å². The van der Waals surface area contributed by atoms with E-state index in [4.69, 9.17) is 44.7 Å². The summed E-state index contributed by atoms with van der Waals surface area (Å²) in [6.07, 6.45) is 0.0220. The number of hydrogen-bond acceptors (Lipinski definition) is 5. The van der Waals surface area contributed by atoms with Crippen LogP contribution in [0, 0.1) is 0 Å². The lowest BCUT2D eigenvalue weighted by Crippen LogP contribution is -2.18. The first-order chi connectivity index (χ1) is 14.6. The SMILES string of the molecule is Cn1nc(OCc2ccc(NC(=O)Cc3ccccc3Cl)cc2S(N)(=O)=O)c(Cl)c1Cl. The molecule has 12 heteroatoms. The van der Waals surface area contributed by atoms with E-state index in [0.29, 0.717) is 10.6 Å². The number of nitrogens with two attached hydrogens (primary N) is 1. The number of aryl methyl sites for hydroxylation is 1. The third kappa shape index (κ3) is 5.69. The lowest BCUT2D eigenvalue weighted by Gasteiger charge is -2.12. The van der Waals surface area contributed by atoms with Crippen LogP contribution in [0.4, 0.5) is 5.69 Å². The summed E-state index contributed by atoms with van der Waals surface area (Å²) in [7, 11) is -2.53. The Morgan fingerprint density at radius 3 is 2.48 bits per heavy atom. The number of benzene rings is 2. The summed E-state index contributed by atoms with van der Waals surface area (Å²) in [4.78, 5) is 12.1. The molecule has 3 aromatic rings. The molecule has 0 aliphatic rings. The van der Waals surface area contributed by atoms with Crippen LogP contribution >= 0.6 is 34.8 Å². The fourth-order valence-corrected chi connectivity index (χ4v) is 4.05. The molecule has 31 heavy (non-hydrogen) atoms. The zero-order valence-corrected chi connectivity index (χ0v) is 19.2. The van der Waals surface area contributed by atoms with E-state index < -0.39 is 10.0 Å². The van der Waals surface area contributed by atoms with E-state index in [2.05, 4.69) is 10.4 Å². The van der Waals surface area contributed by atoms with Crippen LogP contribution in [0.15, 0.2) is 47.4 Å². The van der Waals surface area contributed by atoms with Crippen molar-refractivity contribution in [3.63, 3.8) is 0 Å². The Bertz CT molecular complexity index is 1240. The maximum atomic E-state index is 12.3. The van der Waals surface area contributed by atoms with Gasteiger partial charge in [-0.25, -0.2) is 13.6 Å². The van der Waals surface area contributed by atoms with Crippen LogP contribution < -0.4 is 15.2 Å². The number of nitrogens with zero attached hydrogens (tertiary/aromatic N) is 2. The molecule has 0 bridgehead atoms. The molecule has 0 saturated carbocycles. The van der Waals surface area contributed by atoms with Crippen molar-refractivity contribution in [2.75, 3.05) is 5.32 Å². The highest BCUT2D eigenvalue weighted by molar-refractivity contribution is 7.89. The molecule has 1 amide bonds. The van der Waals surface area contributed by atoms with Gasteiger partial charge in [0.05, 0.1) is 11.3 Å². The molecule has 0 unspecified atom stereocenters. The molecule has 0 spiro atoms. The lowest BCUT2D eigenvalue weighted by atomic mass is 10.1. The van der Waals surface area contributed by atoms with Gasteiger partial charge in [-0.3, -0.25) is 9.48 Å². The molecule has 1 heterocycles. The summed E-state index contributed by atoms with van der Waals surface area (Å²) in [5, 5.41) is 12.7. The van der Waals surface area contributed by atoms with E-state index in [-0.39, 0.29) is 51.1 Å². The summed E-state index contributed by atoms with van der Waals surface area (Å²) < 4.78 is 31.0. The second-order valence-corrected chi connectivity index (χ2v) is 9.18. The number of halogens is 3. The Labute approximate surface area is 193 Å². The molecule has 3 N–H and O–H groups in total. The van der Waals surface area contributed by atoms with Crippen LogP contribution in [0.25, 0.3) is 0 Å². The summed E-state index contributed by atoms with van der Waals surface area (Å²) in [5.74, 6) is -0.320. The zero-order chi connectivity index (χ0) is 22.8. The smallest absolute Gasteiger partial charge is 0.253 e. The third-order valence-electron chi connectivity index (χ3n) is 4.22. The fraction of sp³-hybridized carbons (Fsp3) is 0.158. The van der Waals surface area contributed by atoms with E-state index in [1.54, 1.807) is 31.3 Å². The van der Waals surface area contributed by atoms with Gasteiger partial charge >= 0.3 is 0 Å². The number of carbonyl (C=O) groups excluding carboxylic acids is 1. The molecule has 0 aliphatic carbocycles. The van der Waals surface area contributed by atoms with Crippen molar-refractivity contribution < 1.29 is 17.9 Å². The molecule has 1 aromatic heterocycles. The molecule has 0 saturated heterocycles. The van der Waals surface area contributed by atoms with Gasteiger partial charge in [0.2, 0.25) is 15.9 Å². The Morgan fingerprint density at radius 1 is 1.16 bits per heavy atom. The van der Waals surface area contributed by atoms with Crippen molar-refractivity contribution in [2.24, 2.45) is 12.2 Å². The molecule has 0 aliphatic heterocycles. The van der Waals surface area contributed by atoms with Crippen molar-refractivity contribution in [1.29, 1.82) is 0 Å². The van der Waals surface area contributed by atoms with Crippen molar-refractivity contribution in [1.82, 2.24) is 9.78 Å². The minimum absolute atomic E-state index is 0.0220.